The van der Waals surface area contributed by atoms with Gasteiger partial charge in [0.1, 0.15) is 36.2 Å². The second-order valence-electron chi connectivity index (χ2n) is 10.0. The quantitative estimate of drug-likeness (QED) is 0.104. The Morgan fingerprint density at radius 1 is 1.31 bits per heavy atom. The van der Waals surface area contributed by atoms with Crippen molar-refractivity contribution in [2.45, 2.75) is 68.7 Å². The number of carbonyl (C=O) groups is 4. The molecular formula is C27H31N6O7S2+. The van der Waals surface area contributed by atoms with Gasteiger partial charge in [0.25, 0.3) is 11.8 Å². The Morgan fingerprint density at radius 3 is 2.69 bits per heavy atom. The zero-order chi connectivity index (χ0) is 29.8. The number of nitrogens with zero attached hydrogens (tertiary/aromatic N) is 4. The molecule has 1 aliphatic carbocycles. The summed E-state index contributed by atoms with van der Waals surface area (Å²) in [6, 6.07) is 1.94. The minimum absolute atomic E-state index is 0.00593. The molecule has 13 nitrogen and oxygen atoms in total. The predicted molar refractivity (Wildman–Crippen MR) is 152 cm³/mol. The molecule has 4 N–H and O–H groups in total. The molecule has 5 rings (SSSR count). The normalized spacial score (nSPS) is 20.5. The summed E-state index contributed by atoms with van der Waals surface area (Å²) < 4.78 is 7.59. The van der Waals surface area contributed by atoms with Gasteiger partial charge in [0.15, 0.2) is 34.7 Å². The standard InChI is InChI=1S/C27H30N6O7S2/c1-2-15(34)11-32-9-7-17(8-10-32)41-14-20-23(26(37)38)33-19(12-39-20)22(25(33)36)30-24(35)21(18-13-42-27(28)29-18)31-40-16-5-3-4-6-16/h7-10,13,16,19,22H,2-6,11-12,14H2,1H3,(H3-,28,29,30,35,37,38)/p+1/b31-21-/t19-,22+/m1/s1. The van der Waals surface area contributed by atoms with Crippen LogP contribution in [0.3, 0.4) is 0 Å². The van der Waals surface area contributed by atoms with Gasteiger partial charge >= 0.3 is 5.97 Å². The number of aromatic nitrogens is 2. The lowest BCUT2D eigenvalue weighted by Gasteiger charge is -2.49. The van der Waals surface area contributed by atoms with Gasteiger partial charge in [0.2, 0.25) is 6.54 Å². The SMILES string of the molecule is CCC(=O)C[n+]1ccc(SCC2=C(C(=O)O)N3C(=O)[C@@H](NC(=O)/C(=N\OC4CCCC4)c4csc(N)n4)[C@H]3CO2)cc1. The van der Waals surface area contributed by atoms with Gasteiger partial charge in [-0.25, -0.2) is 9.78 Å². The number of hydrogen-bond acceptors (Lipinski definition) is 11. The largest absolute Gasteiger partial charge is 0.492 e. The summed E-state index contributed by atoms with van der Waals surface area (Å²) in [5.74, 6) is -2.10. The molecule has 1 saturated heterocycles. The van der Waals surface area contributed by atoms with E-state index in [2.05, 4.69) is 15.5 Å². The number of hydrogen-bond donors (Lipinski definition) is 3. The van der Waals surface area contributed by atoms with Crippen molar-refractivity contribution in [1.29, 1.82) is 0 Å². The number of β-lactam (4-membered cyclic amide) rings is 1. The van der Waals surface area contributed by atoms with Crippen LogP contribution < -0.4 is 15.6 Å². The molecule has 0 unspecified atom stereocenters. The zero-order valence-corrected chi connectivity index (χ0v) is 24.5. The number of anilines is 1. The number of thioether (sulfide) groups is 1. The van der Waals surface area contributed by atoms with Crippen LogP contribution in [0, 0.1) is 0 Å². The number of Topliss-reactive ketones (excluding diaryl/α,β-unsaturated/α-hetero) is 1. The van der Waals surface area contributed by atoms with Crippen molar-refractivity contribution >= 4 is 57.5 Å². The molecule has 222 valence electrons. The number of carbonyl (C=O) groups excluding carboxylic acids is 3. The number of oxime groups is 1. The van der Waals surface area contributed by atoms with E-state index in [0.717, 1.165) is 46.8 Å². The van der Waals surface area contributed by atoms with E-state index in [4.69, 9.17) is 15.3 Å². The number of rotatable bonds is 12. The number of nitrogens with two attached hydrogens (primary N) is 1. The summed E-state index contributed by atoms with van der Waals surface area (Å²) in [5, 5.41) is 18.5. The molecule has 2 atom stereocenters. The topological polar surface area (TPSA) is 177 Å². The molecule has 0 aromatic carbocycles. The maximum absolute atomic E-state index is 13.3. The Balaban J connectivity index is 1.26. The first-order valence-electron chi connectivity index (χ1n) is 13.6. The summed E-state index contributed by atoms with van der Waals surface area (Å²) in [6.07, 6.45) is 7.63. The molecule has 0 radical (unpaired) electrons. The van der Waals surface area contributed by atoms with Crippen molar-refractivity contribution in [1.82, 2.24) is 15.2 Å². The number of thiazole rings is 1. The fraction of sp³-hybridized carbons (Fsp3) is 0.444. The van der Waals surface area contributed by atoms with Gasteiger partial charge in [0, 0.05) is 28.8 Å². The van der Waals surface area contributed by atoms with Crippen molar-refractivity contribution in [3.63, 3.8) is 0 Å². The second-order valence-corrected chi connectivity index (χ2v) is 12.0. The van der Waals surface area contributed by atoms with Crippen LogP contribution in [0.15, 0.2) is 51.4 Å². The Labute approximate surface area is 249 Å². The van der Waals surface area contributed by atoms with Crippen LogP contribution >= 0.6 is 23.1 Å². The fourth-order valence-corrected chi connectivity index (χ4v) is 6.29. The van der Waals surface area contributed by atoms with Crippen LogP contribution in [-0.2, 0) is 35.3 Å². The van der Waals surface area contributed by atoms with Gasteiger partial charge < -0.3 is 25.7 Å². The van der Waals surface area contributed by atoms with Gasteiger partial charge in [-0.2, -0.15) is 4.57 Å². The zero-order valence-electron chi connectivity index (χ0n) is 22.9. The lowest BCUT2D eigenvalue weighted by Crippen LogP contribution is -2.73. The Kier molecular flexibility index (Phi) is 9.06. The number of ether oxygens (including phenoxy) is 1. The maximum Gasteiger partial charge on any atom is 0.356 e. The molecule has 15 heteroatoms. The van der Waals surface area contributed by atoms with Crippen LogP contribution in [0.5, 0.6) is 0 Å². The first-order chi connectivity index (χ1) is 20.2. The third-order valence-corrected chi connectivity index (χ3v) is 8.89. The summed E-state index contributed by atoms with van der Waals surface area (Å²) in [7, 11) is 0. The smallest absolute Gasteiger partial charge is 0.356 e. The first kappa shape index (κ1) is 29.5. The van der Waals surface area contributed by atoms with Gasteiger partial charge in [-0.15, -0.1) is 23.1 Å². The number of carboxylic acids is 1. The number of amides is 2. The van der Waals surface area contributed by atoms with E-state index in [0.29, 0.717) is 6.42 Å². The highest BCUT2D eigenvalue weighted by Crippen LogP contribution is 2.35. The molecule has 4 heterocycles. The molecule has 42 heavy (non-hydrogen) atoms. The van der Waals surface area contributed by atoms with Crippen molar-refractivity contribution in [3.05, 3.63) is 47.1 Å². The minimum atomic E-state index is -1.30. The van der Waals surface area contributed by atoms with E-state index in [-0.39, 0.29) is 58.8 Å². The molecule has 2 amide bonds. The molecule has 0 bridgehead atoms. The molecule has 2 aliphatic heterocycles. The van der Waals surface area contributed by atoms with E-state index in [1.165, 1.54) is 11.8 Å². The number of pyridine rings is 1. The van der Waals surface area contributed by atoms with E-state index >= 15 is 0 Å². The summed E-state index contributed by atoms with van der Waals surface area (Å²) in [4.78, 5) is 62.0. The van der Waals surface area contributed by atoms with Crippen LogP contribution in [0.4, 0.5) is 5.13 Å². The number of carboxylic acid groups (broad SMARTS) is 1. The second kappa shape index (κ2) is 12.9. The van der Waals surface area contributed by atoms with Crippen LogP contribution in [0.1, 0.15) is 44.7 Å². The Morgan fingerprint density at radius 2 is 2.05 bits per heavy atom. The highest BCUT2D eigenvalue weighted by molar-refractivity contribution is 7.99. The van der Waals surface area contributed by atoms with E-state index < -0.39 is 29.9 Å². The average molecular weight is 616 g/mol. The number of nitrogen functional groups attached to an aromatic ring is 1. The van der Waals surface area contributed by atoms with Gasteiger partial charge in [-0.05, 0) is 25.7 Å². The maximum atomic E-state index is 13.3. The third-order valence-electron chi connectivity index (χ3n) is 7.20. The van der Waals surface area contributed by atoms with Gasteiger partial charge in [-0.3, -0.25) is 19.3 Å². The van der Waals surface area contributed by atoms with E-state index in [1.807, 2.05) is 19.1 Å². The highest BCUT2D eigenvalue weighted by atomic mass is 32.2. The third kappa shape index (κ3) is 6.41. The van der Waals surface area contributed by atoms with Crippen LogP contribution in [0.25, 0.3) is 0 Å². The van der Waals surface area contributed by atoms with Gasteiger partial charge in [-0.1, -0.05) is 12.1 Å². The molecule has 0 spiro atoms. The average Bonchev–Trinajstić information content (AvgIpc) is 3.67. The van der Waals surface area contributed by atoms with Crippen LogP contribution in [0.2, 0.25) is 0 Å². The number of ketones is 1. The number of nitrogens with one attached hydrogen (secondary N) is 1. The minimum Gasteiger partial charge on any atom is -0.492 e. The molecular weight excluding hydrogens is 584 g/mol. The van der Waals surface area contributed by atoms with Crippen molar-refractivity contribution in [2.75, 3.05) is 18.1 Å². The first-order valence-corrected chi connectivity index (χ1v) is 15.4. The number of fused-ring (bicyclic) bond motifs is 1. The lowest BCUT2D eigenvalue weighted by molar-refractivity contribution is -0.684. The summed E-state index contributed by atoms with van der Waals surface area (Å²) >= 11 is 2.49. The van der Waals surface area contributed by atoms with E-state index in [9.17, 15) is 24.3 Å². The van der Waals surface area contributed by atoms with Crippen molar-refractivity contribution in [3.8, 4) is 0 Å². The van der Waals surface area contributed by atoms with Crippen molar-refractivity contribution < 1.29 is 38.4 Å². The van der Waals surface area contributed by atoms with E-state index in [1.54, 1.807) is 22.3 Å². The molecule has 2 fully saturated rings. The monoisotopic (exact) mass is 615 g/mol. The molecule has 2 aromatic rings. The predicted octanol–water partition coefficient (Wildman–Crippen LogP) is 1.47. The van der Waals surface area contributed by atoms with Crippen LogP contribution in [-0.4, -0.2) is 74.8 Å². The van der Waals surface area contributed by atoms with Crippen molar-refractivity contribution in [2.24, 2.45) is 5.16 Å². The molecule has 2 aromatic heterocycles. The van der Waals surface area contributed by atoms with Gasteiger partial charge in [0.05, 0.1) is 5.75 Å². The number of aliphatic carboxylic acids is 1. The Bertz CT molecular complexity index is 1430. The highest BCUT2D eigenvalue weighted by Gasteiger charge is 2.55. The summed E-state index contributed by atoms with van der Waals surface area (Å²) in [5.41, 5.74) is 5.63. The molecule has 1 saturated carbocycles. The Hall–Kier alpha value is -3.98. The summed E-state index contributed by atoms with van der Waals surface area (Å²) in [6.45, 7) is 2.10. The molecule has 3 aliphatic rings. The fourth-order valence-electron chi connectivity index (χ4n) is 4.91. The lowest BCUT2D eigenvalue weighted by atomic mass is 9.92.